The van der Waals surface area contributed by atoms with Crippen LogP contribution in [0, 0.1) is 0 Å². The molecule has 2 amide bonds. The fourth-order valence-corrected chi connectivity index (χ4v) is 5.77. The van der Waals surface area contributed by atoms with E-state index in [0.717, 1.165) is 27.4 Å². The maximum Gasteiger partial charge on any atom is 0.339 e. The normalized spacial score (nSPS) is 14.7. The van der Waals surface area contributed by atoms with Crippen LogP contribution in [-0.4, -0.2) is 44.7 Å². The van der Waals surface area contributed by atoms with Gasteiger partial charge in [0.2, 0.25) is 0 Å². The zero-order valence-electron chi connectivity index (χ0n) is 20.8. The predicted octanol–water partition coefficient (Wildman–Crippen LogP) is 5.73. The Morgan fingerprint density at radius 2 is 1.62 bits per heavy atom. The standard InChI is InChI=1S/C29H23NO7S2/c1-35-22-12-14-24(15-13-22)39(33,34)37-23-9-4-6-20(18-23)19-27-28(31)30(29(32)38-27)16-17-36-26-11-5-8-21-7-2-3-10-25(21)26/h2-15,18-19H,16-17H2,1H3/b27-19-. The van der Waals surface area contributed by atoms with Gasteiger partial charge in [0, 0.05) is 5.39 Å². The number of imide groups is 1. The number of amides is 2. The van der Waals surface area contributed by atoms with E-state index in [1.807, 2.05) is 42.5 Å². The molecule has 0 radical (unpaired) electrons. The maximum atomic E-state index is 12.9. The van der Waals surface area contributed by atoms with E-state index >= 15 is 0 Å². The highest BCUT2D eigenvalue weighted by atomic mass is 32.2. The fraction of sp³-hybridized carbons (Fsp3) is 0.103. The van der Waals surface area contributed by atoms with Gasteiger partial charge in [0.05, 0.1) is 18.6 Å². The van der Waals surface area contributed by atoms with Crippen LogP contribution in [0.5, 0.6) is 17.2 Å². The topological polar surface area (TPSA) is 99.2 Å². The van der Waals surface area contributed by atoms with Gasteiger partial charge in [-0.25, -0.2) is 0 Å². The number of thioether (sulfide) groups is 1. The lowest BCUT2D eigenvalue weighted by Crippen LogP contribution is -2.32. The Hall–Kier alpha value is -4.28. The van der Waals surface area contributed by atoms with Crippen LogP contribution in [0.25, 0.3) is 16.8 Å². The number of carbonyl (C=O) groups excluding carboxylic acids is 2. The molecule has 198 valence electrons. The van der Waals surface area contributed by atoms with E-state index in [0.29, 0.717) is 17.1 Å². The molecule has 0 aromatic heterocycles. The van der Waals surface area contributed by atoms with E-state index in [1.165, 1.54) is 49.6 Å². The van der Waals surface area contributed by atoms with Crippen molar-refractivity contribution in [1.29, 1.82) is 0 Å². The van der Waals surface area contributed by atoms with E-state index in [4.69, 9.17) is 13.7 Å². The largest absolute Gasteiger partial charge is 0.497 e. The molecule has 0 unspecified atom stereocenters. The lowest BCUT2D eigenvalue weighted by Gasteiger charge is -2.14. The predicted molar refractivity (Wildman–Crippen MR) is 149 cm³/mol. The van der Waals surface area contributed by atoms with Crippen LogP contribution in [0.4, 0.5) is 4.79 Å². The molecule has 0 bridgehead atoms. The van der Waals surface area contributed by atoms with Crippen LogP contribution >= 0.6 is 11.8 Å². The number of benzene rings is 4. The molecule has 1 aliphatic heterocycles. The second-order valence-corrected chi connectivity index (χ2v) is 11.0. The molecule has 0 N–H and O–H groups in total. The summed E-state index contributed by atoms with van der Waals surface area (Å²) in [5.41, 5.74) is 0.509. The third-order valence-electron chi connectivity index (χ3n) is 5.91. The van der Waals surface area contributed by atoms with Gasteiger partial charge in [-0.2, -0.15) is 8.42 Å². The van der Waals surface area contributed by atoms with E-state index < -0.39 is 21.3 Å². The number of hydrogen-bond donors (Lipinski definition) is 0. The van der Waals surface area contributed by atoms with Crippen molar-refractivity contribution >= 4 is 49.9 Å². The first-order valence-electron chi connectivity index (χ1n) is 11.9. The zero-order valence-corrected chi connectivity index (χ0v) is 22.4. The second-order valence-electron chi connectivity index (χ2n) is 8.44. The molecule has 0 aliphatic carbocycles. The summed E-state index contributed by atoms with van der Waals surface area (Å²) < 4.78 is 41.6. The van der Waals surface area contributed by atoms with Crippen LogP contribution in [0.3, 0.4) is 0 Å². The Kier molecular flexibility index (Phi) is 7.58. The molecule has 1 aliphatic rings. The molecule has 39 heavy (non-hydrogen) atoms. The van der Waals surface area contributed by atoms with Crippen molar-refractivity contribution < 1.29 is 31.7 Å². The minimum absolute atomic E-state index is 0.0273. The van der Waals surface area contributed by atoms with Crippen LogP contribution in [-0.2, 0) is 14.9 Å². The number of hydrogen-bond acceptors (Lipinski definition) is 8. The Labute approximate surface area is 229 Å². The SMILES string of the molecule is COc1ccc(S(=O)(=O)Oc2cccc(/C=C3\SC(=O)N(CCOc4cccc5ccccc45)C3=O)c2)cc1. The van der Waals surface area contributed by atoms with Crippen molar-refractivity contribution in [3.63, 3.8) is 0 Å². The van der Waals surface area contributed by atoms with Gasteiger partial charge in [-0.1, -0.05) is 48.5 Å². The van der Waals surface area contributed by atoms with Crippen LogP contribution < -0.4 is 13.7 Å². The highest BCUT2D eigenvalue weighted by Crippen LogP contribution is 2.33. The first kappa shape index (κ1) is 26.3. The van der Waals surface area contributed by atoms with E-state index in [-0.39, 0.29) is 28.7 Å². The number of carbonyl (C=O) groups is 2. The quantitative estimate of drug-likeness (QED) is 0.189. The molecule has 10 heteroatoms. The molecular formula is C29H23NO7S2. The summed E-state index contributed by atoms with van der Waals surface area (Å²) in [6.45, 7) is 0.236. The van der Waals surface area contributed by atoms with Gasteiger partial charge in [0.1, 0.15) is 28.8 Å². The maximum absolute atomic E-state index is 12.9. The smallest absolute Gasteiger partial charge is 0.339 e. The summed E-state index contributed by atoms with van der Waals surface area (Å²) in [7, 11) is -2.60. The van der Waals surface area contributed by atoms with Crippen molar-refractivity contribution in [2.45, 2.75) is 4.90 Å². The minimum atomic E-state index is -4.08. The monoisotopic (exact) mass is 561 g/mol. The highest BCUT2D eigenvalue weighted by molar-refractivity contribution is 8.18. The Balaban J connectivity index is 1.25. The van der Waals surface area contributed by atoms with Gasteiger partial charge in [-0.3, -0.25) is 14.5 Å². The summed E-state index contributed by atoms with van der Waals surface area (Å²) in [6, 6.07) is 25.6. The highest BCUT2D eigenvalue weighted by Gasteiger charge is 2.34. The molecular weight excluding hydrogens is 538 g/mol. The Bertz CT molecular complexity index is 1680. The number of rotatable bonds is 9. The summed E-state index contributed by atoms with van der Waals surface area (Å²) in [4.78, 5) is 26.8. The average Bonchev–Trinajstić information content (AvgIpc) is 3.20. The zero-order chi connectivity index (χ0) is 27.4. The van der Waals surface area contributed by atoms with E-state index in [2.05, 4.69) is 0 Å². The van der Waals surface area contributed by atoms with Crippen molar-refractivity contribution in [1.82, 2.24) is 4.90 Å². The first-order valence-corrected chi connectivity index (χ1v) is 14.1. The number of nitrogens with zero attached hydrogens (tertiary/aromatic N) is 1. The summed E-state index contributed by atoms with van der Waals surface area (Å²) in [6.07, 6.45) is 1.53. The molecule has 1 saturated heterocycles. The van der Waals surface area contributed by atoms with Crippen molar-refractivity contribution in [3.8, 4) is 17.2 Å². The minimum Gasteiger partial charge on any atom is -0.497 e. The second kappa shape index (κ2) is 11.2. The molecule has 4 aromatic carbocycles. The van der Waals surface area contributed by atoms with Gasteiger partial charge < -0.3 is 13.7 Å². The van der Waals surface area contributed by atoms with Gasteiger partial charge in [-0.15, -0.1) is 0 Å². The van der Waals surface area contributed by atoms with Gasteiger partial charge in [-0.05, 0) is 71.3 Å². The first-order chi connectivity index (χ1) is 18.8. The summed E-state index contributed by atoms with van der Waals surface area (Å²) in [5, 5.41) is 1.58. The number of fused-ring (bicyclic) bond motifs is 1. The molecule has 5 rings (SSSR count). The average molecular weight is 562 g/mol. The summed E-state index contributed by atoms with van der Waals surface area (Å²) >= 11 is 0.817. The van der Waals surface area contributed by atoms with Crippen molar-refractivity contribution in [2.75, 3.05) is 20.3 Å². The van der Waals surface area contributed by atoms with Crippen LogP contribution in [0.15, 0.2) is 101 Å². The van der Waals surface area contributed by atoms with Gasteiger partial charge in [0.15, 0.2) is 0 Å². The fourth-order valence-electron chi connectivity index (χ4n) is 3.99. The van der Waals surface area contributed by atoms with E-state index in [1.54, 1.807) is 12.1 Å². The molecule has 0 atom stereocenters. The van der Waals surface area contributed by atoms with Crippen LogP contribution in [0.2, 0.25) is 0 Å². The van der Waals surface area contributed by atoms with Crippen molar-refractivity contribution in [2.24, 2.45) is 0 Å². The van der Waals surface area contributed by atoms with Crippen LogP contribution in [0.1, 0.15) is 5.56 Å². The lowest BCUT2D eigenvalue weighted by molar-refractivity contribution is -0.123. The molecule has 0 saturated carbocycles. The molecule has 8 nitrogen and oxygen atoms in total. The molecule has 1 fully saturated rings. The lowest BCUT2D eigenvalue weighted by atomic mass is 10.1. The third-order valence-corrected chi connectivity index (χ3v) is 8.07. The van der Waals surface area contributed by atoms with Crippen molar-refractivity contribution in [3.05, 3.63) is 101 Å². The molecule has 1 heterocycles. The molecule has 4 aromatic rings. The molecule has 0 spiro atoms. The summed E-state index contributed by atoms with van der Waals surface area (Å²) in [5.74, 6) is 0.827. The number of ether oxygens (including phenoxy) is 2. The van der Waals surface area contributed by atoms with E-state index in [9.17, 15) is 18.0 Å². The van der Waals surface area contributed by atoms with Gasteiger partial charge in [0.25, 0.3) is 11.1 Å². The number of methoxy groups -OCH3 is 1. The Morgan fingerprint density at radius 3 is 2.41 bits per heavy atom. The third kappa shape index (κ3) is 5.92. The van der Waals surface area contributed by atoms with Gasteiger partial charge >= 0.3 is 10.1 Å². The Morgan fingerprint density at radius 1 is 0.872 bits per heavy atom.